The van der Waals surface area contributed by atoms with Crippen molar-refractivity contribution in [3.8, 4) is 11.5 Å². The minimum atomic E-state index is -0.0937. The monoisotopic (exact) mass is 266 g/mol. The zero-order valence-corrected chi connectivity index (χ0v) is 10.9. The van der Waals surface area contributed by atoms with Gasteiger partial charge in [-0.1, -0.05) is 0 Å². The molecule has 0 aliphatic carbocycles. The van der Waals surface area contributed by atoms with Crippen LogP contribution < -0.4 is 14.8 Å². The van der Waals surface area contributed by atoms with Gasteiger partial charge in [0.1, 0.15) is 18.1 Å². The van der Waals surface area contributed by atoms with Crippen molar-refractivity contribution in [1.29, 1.82) is 0 Å². The number of hydrogen-bond acceptors (Lipinski definition) is 4. The Morgan fingerprint density at radius 2 is 2.32 bits per heavy atom. The maximum Gasteiger partial charge on any atom is 0.317 e. The van der Waals surface area contributed by atoms with Crippen molar-refractivity contribution >= 4 is 6.03 Å². The van der Waals surface area contributed by atoms with Gasteiger partial charge >= 0.3 is 6.03 Å². The van der Waals surface area contributed by atoms with Crippen LogP contribution in [0, 0.1) is 0 Å². The lowest BCUT2D eigenvalue weighted by molar-refractivity contribution is 0.200. The molecule has 0 spiro atoms. The minimum absolute atomic E-state index is 0.0587. The lowest BCUT2D eigenvalue weighted by atomic mass is 10.2. The molecule has 1 saturated heterocycles. The summed E-state index contributed by atoms with van der Waals surface area (Å²) < 4.78 is 10.7. The van der Waals surface area contributed by atoms with E-state index in [-0.39, 0.29) is 12.6 Å². The first kappa shape index (κ1) is 13.5. The number of benzene rings is 1. The van der Waals surface area contributed by atoms with Crippen LogP contribution >= 0.6 is 0 Å². The van der Waals surface area contributed by atoms with E-state index >= 15 is 0 Å². The van der Waals surface area contributed by atoms with Crippen molar-refractivity contribution < 1.29 is 19.4 Å². The number of aliphatic hydroxyl groups is 1. The van der Waals surface area contributed by atoms with Crippen molar-refractivity contribution in [3.05, 3.63) is 23.8 Å². The van der Waals surface area contributed by atoms with E-state index in [0.29, 0.717) is 43.3 Å². The van der Waals surface area contributed by atoms with Crippen LogP contribution in [0.1, 0.15) is 5.56 Å². The van der Waals surface area contributed by atoms with Crippen molar-refractivity contribution in [2.45, 2.75) is 6.61 Å². The standard InChI is InChI=1S/C13H18N2O4/c1-18-11-3-2-10(9-16)12(8-11)19-7-6-15-5-4-14-13(15)17/h2-3,8,16H,4-7,9H2,1H3,(H,14,17). The van der Waals surface area contributed by atoms with E-state index in [2.05, 4.69) is 5.32 Å². The third kappa shape index (κ3) is 3.29. The van der Waals surface area contributed by atoms with Crippen molar-refractivity contribution in [2.24, 2.45) is 0 Å². The molecule has 1 fully saturated rings. The zero-order valence-electron chi connectivity index (χ0n) is 10.9. The predicted octanol–water partition coefficient (Wildman–Crippen LogP) is 0.591. The van der Waals surface area contributed by atoms with Crippen LogP contribution in [0.15, 0.2) is 18.2 Å². The number of aliphatic hydroxyl groups excluding tert-OH is 1. The molecule has 1 aromatic carbocycles. The average molecular weight is 266 g/mol. The second-order valence-electron chi connectivity index (χ2n) is 4.20. The molecule has 0 saturated carbocycles. The number of carbonyl (C=O) groups excluding carboxylic acids is 1. The summed E-state index contributed by atoms with van der Waals surface area (Å²) in [5.41, 5.74) is 0.701. The molecule has 6 heteroatoms. The summed E-state index contributed by atoms with van der Waals surface area (Å²) in [6.45, 7) is 2.19. The minimum Gasteiger partial charge on any atom is -0.497 e. The van der Waals surface area contributed by atoms with Gasteiger partial charge in [-0.2, -0.15) is 0 Å². The Hall–Kier alpha value is -1.95. The first-order valence-electron chi connectivity index (χ1n) is 6.18. The van der Waals surface area contributed by atoms with Gasteiger partial charge in [0, 0.05) is 24.7 Å². The largest absolute Gasteiger partial charge is 0.497 e. The molecular formula is C13H18N2O4. The third-order valence-corrected chi connectivity index (χ3v) is 3.01. The molecule has 6 nitrogen and oxygen atoms in total. The molecule has 0 unspecified atom stereocenters. The molecule has 2 rings (SSSR count). The molecule has 19 heavy (non-hydrogen) atoms. The Bertz CT molecular complexity index is 450. The molecular weight excluding hydrogens is 248 g/mol. The first-order chi connectivity index (χ1) is 9.24. The van der Waals surface area contributed by atoms with Crippen molar-refractivity contribution in [2.75, 3.05) is 33.4 Å². The topological polar surface area (TPSA) is 71.0 Å². The average Bonchev–Trinajstić information content (AvgIpc) is 2.84. The molecule has 0 radical (unpaired) electrons. The second-order valence-corrected chi connectivity index (χ2v) is 4.20. The van der Waals surface area contributed by atoms with Crippen LogP contribution in [0.25, 0.3) is 0 Å². The number of nitrogens with one attached hydrogen (secondary N) is 1. The maximum absolute atomic E-state index is 11.3. The quantitative estimate of drug-likeness (QED) is 0.790. The number of methoxy groups -OCH3 is 1. The summed E-state index contributed by atoms with van der Waals surface area (Å²) in [7, 11) is 1.58. The van der Waals surface area contributed by atoms with Crippen LogP contribution in [-0.2, 0) is 6.61 Å². The number of ether oxygens (including phenoxy) is 2. The lowest BCUT2D eigenvalue weighted by Crippen LogP contribution is -2.31. The van der Waals surface area contributed by atoms with Crippen molar-refractivity contribution in [1.82, 2.24) is 10.2 Å². The van der Waals surface area contributed by atoms with E-state index in [1.54, 1.807) is 30.2 Å². The zero-order chi connectivity index (χ0) is 13.7. The Kier molecular flexibility index (Phi) is 4.46. The number of nitrogens with zero attached hydrogens (tertiary/aromatic N) is 1. The van der Waals surface area contributed by atoms with Gasteiger partial charge in [0.15, 0.2) is 0 Å². The van der Waals surface area contributed by atoms with Gasteiger partial charge in [-0.3, -0.25) is 0 Å². The Morgan fingerprint density at radius 3 is 2.95 bits per heavy atom. The number of rotatable bonds is 6. The highest BCUT2D eigenvalue weighted by molar-refractivity contribution is 5.76. The van der Waals surface area contributed by atoms with Gasteiger partial charge in [0.2, 0.25) is 0 Å². The normalized spacial score (nSPS) is 14.4. The van der Waals surface area contributed by atoms with E-state index in [1.165, 1.54) is 0 Å². The molecule has 1 heterocycles. The Balaban J connectivity index is 1.92. The fourth-order valence-corrected chi connectivity index (χ4v) is 1.92. The molecule has 1 aromatic rings. The van der Waals surface area contributed by atoms with E-state index in [0.717, 1.165) is 0 Å². The number of carbonyl (C=O) groups is 1. The van der Waals surface area contributed by atoms with Crippen molar-refractivity contribution in [3.63, 3.8) is 0 Å². The lowest BCUT2D eigenvalue weighted by Gasteiger charge is -2.16. The molecule has 0 bridgehead atoms. The number of amides is 2. The molecule has 0 aromatic heterocycles. The summed E-state index contributed by atoms with van der Waals surface area (Å²) in [4.78, 5) is 13.0. The van der Waals surface area contributed by atoms with Crippen LogP contribution in [0.5, 0.6) is 11.5 Å². The molecule has 2 N–H and O–H groups in total. The second kappa shape index (κ2) is 6.29. The van der Waals surface area contributed by atoms with Gasteiger partial charge in [-0.15, -0.1) is 0 Å². The van der Waals surface area contributed by atoms with Gasteiger partial charge in [0.05, 0.1) is 20.3 Å². The number of urea groups is 1. The number of hydrogen-bond donors (Lipinski definition) is 2. The fraction of sp³-hybridized carbons (Fsp3) is 0.462. The van der Waals surface area contributed by atoms with E-state index in [4.69, 9.17) is 9.47 Å². The molecule has 2 amide bonds. The summed E-state index contributed by atoms with van der Waals surface area (Å²) in [5, 5.41) is 12.0. The highest BCUT2D eigenvalue weighted by atomic mass is 16.5. The maximum atomic E-state index is 11.3. The smallest absolute Gasteiger partial charge is 0.317 e. The van der Waals surface area contributed by atoms with Crippen LogP contribution in [0.4, 0.5) is 4.79 Å². The van der Waals surface area contributed by atoms with Crippen LogP contribution in [0.2, 0.25) is 0 Å². The molecule has 104 valence electrons. The van der Waals surface area contributed by atoms with E-state index in [1.807, 2.05) is 0 Å². The highest BCUT2D eigenvalue weighted by Crippen LogP contribution is 2.24. The fourth-order valence-electron chi connectivity index (χ4n) is 1.92. The van der Waals surface area contributed by atoms with Gasteiger partial charge in [0.25, 0.3) is 0 Å². The van der Waals surface area contributed by atoms with Gasteiger partial charge < -0.3 is 24.8 Å². The highest BCUT2D eigenvalue weighted by Gasteiger charge is 2.18. The van der Waals surface area contributed by atoms with E-state index in [9.17, 15) is 9.90 Å². The van der Waals surface area contributed by atoms with Crippen LogP contribution in [-0.4, -0.2) is 49.4 Å². The third-order valence-electron chi connectivity index (χ3n) is 3.01. The van der Waals surface area contributed by atoms with E-state index < -0.39 is 0 Å². The summed E-state index contributed by atoms with van der Waals surface area (Å²) >= 11 is 0. The molecule has 1 aliphatic rings. The summed E-state index contributed by atoms with van der Waals surface area (Å²) in [5.74, 6) is 1.26. The first-order valence-corrected chi connectivity index (χ1v) is 6.18. The molecule has 0 atom stereocenters. The SMILES string of the molecule is COc1ccc(CO)c(OCCN2CCNC2=O)c1. The Labute approximate surface area is 111 Å². The predicted molar refractivity (Wildman–Crippen MR) is 69.4 cm³/mol. The molecule has 1 aliphatic heterocycles. The van der Waals surface area contributed by atoms with Gasteiger partial charge in [-0.25, -0.2) is 4.79 Å². The summed E-state index contributed by atoms with van der Waals surface area (Å²) in [6, 6.07) is 5.20. The van der Waals surface area contributed by atoms with Gasteiger partial charge in [-0.05, 0) is 12.1 Å². The Morgan fingerprint density at radius 1 is 1.47 bits per heavy atom. The van der Waals surface area contributed by atoms with Crippen LogP contribution in [0.3, 0.4) is 0 Å². The summed E-state index contributed by atoms with van der Waals surface area (Å²) in [6.07, 6.45) is 0.